The normalized spacial score (nSPS) is 37.5. The number of carbonyl (C=O) groups excluding carboxylic acids is 1. The average Bonchev–Trinajstić information content (AvgIpc) is 2.05. The molecule has 3 atom stereocenters. The fourth-order valence-corrected chi connectivity index (χ4v) is 2.13. The zero-order valence-corrected chi connectivity index (χ0v) is 14.8. The third-order valence-corrected chi connectivity index (χ3v) is 3.48. The first kappa shape index (κ1) is 15.7. The molecular formula is C11H14NOWY-. The van der Waals surface area contributed by atoms with Crippen molar-refractivity contribution in [1.29, 1.82) is 0 Å². The van der Waals surface area contributed by atoms with Gasteiger partial charge in [-0.2, -0.15) is 0 Å². The standard InChI is InChI=1S/C11H15NO.W.Y/c1-7-4-5-11(6-10(13)12-11)9(3)8(7)2;;/h4-5,8-9H,1,6H2,2-3H3,(H,12,13);;/p-1/t8-,9-,11?;;/m1../s1. The number of allylic oxidation sites excluding steroid dienone is 2. The first-order valence-electron chi connectivity index (χ1n) is 4.69. The van der Waals surface area contributed by atoms with E-state index in [0.717, 1.165) is 5.57 Å². The second kappa shape index (κ2) is 5.38. The second-order valence-corrected chi connectivity index (χ2v) is 4.16. The van der Waals surface area contributed by atoms with Crippen molar-refractivity contribution >= 4 is 5.91 Å². The number of rotatable bonds is 0. The Morgan fingerprint density at radius 2 is 2.07 bits per heavy atom. The molecule has 15 heavy (non-hydrogen) atoms. The SMILES string of the molecule is C=C1C=CC2(CC(=O)[N-]2)[C@H](C)[C@@H]1C.[W].[Y]. The van der Waals surface area contributed by atoms with E-state index >= 15 is 0 Å². The van der Waals surface area contributed by atoms with Crippen molar-refractivity contribution in [2.45, 2.75) is 25.8 Å². The molecule has 1 unspecified atom stereocenters. The van der Waals surface area contributed by atoms with Crippen LogP contribution in [0.25, 0.3) is 5.32 Å². The number of amides is 1. The van der Waals surface area contributed by atoms with Gasteiger partial charge in [0.2, 0.25) is 0 Å². The molecule has 0 aromatic carbocycles. The van der Waals surface area contributed by atoms with Gasteiger partial charge in [-0.3, -0.25) is 0 Å². The third-order valence-electron chi connectivity index (χ3n) is 3.48. The summed E-state index contributed by atoms with van der Waals surface area (Å²) < 4.78 is 0. The molecule has 1 heterocycles. The summed E-state index contributed by atoms with van der Waals surface area (Å²) in [4.78, 5) is 10.9. The maximum Gasteiger partial charge on any atom is 0.0511 e. The van der Waals surface area contributed by atoms with E-state index in [1.54, 1.807) is 0 Å². The Kier molecular flexibility index (Phi) is 5.65. The second-order valence-electron chi connectivity index (χ2n) is 4.16. The van der Waals surface area contributed by atoms with Crippen LogP contribution in [0.5, 0.6) is 0 Å². The van der Waals surface area contributed by atoms with Crippen LogP contribution in [-0.2, 0) is 58.6 Å². The molecule has 1 aliphatic heterocycles. The van der Waals surface area contributed by atoms with Crippen LogP contribution in [0.2, 0.25) is 0 Å². The van der Waals surface area contributed by atoms with E-state index in [-0.39, 0.29) is 65.2 Å². The first-order valence-corrected chi connectivity index (χ1v) is 4.69. The molecule has 0 aromatic heterocycles. The Labute approximate surface area is 130 Å². The van der Waals surface area contributed by atoms with Gasteiger partial charge in [-0.15, -0.1) is 0 Å². The van der Waals surface area contributed by atoms with E-state index in [0.29, 0.717) is 18.3 Å². The van der Waals surface area contributed by atoms with Crippen LogP contribution in [0, 0.1) is 11.8 Å². The Morgan fingerprint density at radius 1 is 1.53 bits per heavy atom. The number of nitrogens with zero attached hydrogens (tertiary/aromatic N) is 1. The Balaban J connectivity index is 0.000000980. The Bertz CT molecular complexity index is 306. The van der Waals surface area contributed by atoms with Gasteiger partial charge in [0.25, 0.3) is 0 Å². The van der Waals surface area contributed by atoms with Gasteiger partial charge in [0.05, 0.1) is 5.91 Å². The van der Waals surface area contributed by atoms with Gasteiger partial charge >= 0.3 is 0 Å². The Hall–Kier alpha value is 0.742. The van der Waals surface area contributed by atoms with Crippen molar-refractivity contribution in [2.24, 2.45) is 11.8 Å². The van der Waals surface area contributed by atoms with Crippen LogP contribution in [0.3, 0.4) is 0 Å². The molecule has 1 fully saturated rings. The summed E-state index contributed by atoms with van der Waals surface area (Å²) in [5.41, 5.74) is 0.963. The number of hydrogen-bond donors (Lipinski definition) is 0. The largest absolute Gasteiger partial charge is 0.644 e. The van der Waals surface area contributed by atoms with Crippen molar-refractivity contribution in [2.75, 3.05) is 0 Å². The van der Waals surface area contributed by atoms with Crippen LogP contribution in [0.15, 0.2) is 24.3 Å². The molecule has 79 valence electrons. The molecule has 4 heteroatoms. The van der Waals surface area contributed by atoms with E-state index in [1.165, 1.54) is 0 Å². The zero-order valence-electron chi connectivity index (χ0n) is 9.06. The summed E-state index contributed by atoms with van der Waals surface area (Å²) in [6.45, 7) is 8.27. The smallest absolute Gasteiger partial charge is 0.0511 e. The predicted molar refractivity (Wildman–Crippen MR) is 52.3 cm³/mol. The van der Waals surface area contributed by atoms with E-state index in [9.17, 15) is 4.79 Å². The molecule has 0 bridgehead atoms. The quantitative estimate of drug-likeness (QED) is 0.524. The third kappa shape index (κ3) is 2.53. The maximum absolute atomic E-state index is 10.9. The molecule has 0 saturated carbocycles. The molecule has 1 radical (unpaired) electrons. The molecule has 0 N–H and O–H groups in total. The predicted octanol–water partition coefficient (Wildman–Crippen LogP) is 2.42. The van der Waals surface area contributed by atoms with Crippen molar-refractivity contribution < 1.29 is 58.6 Å². The molecule has 1 amide bonds. The van der Waals surface area contributed by atoms with Gasteiger partial charge in [0.1, 0.15) is 0 Å². The number of hydrogen-bond acceptors (Lipinski definition) is 1. The topological polar surface area (TPSA) is 31.2 Å². The van der Waals surface area contributed by atoms with Gasteiger partial charge in [-0.25, -0.2) is 0 Å². The van der Waals surface area contributed by atoms with E-state index in [2.05, 4.69) is 25.7 Å². The van der Waals surface area contributed by atoms with Gasteiger partial charge in [-0.05, 0) is 18.3 Å². The van der Waals surface area contributed by atoms with Crippen LogP contribution in [-0.4, -0.2) is 11.4 Å². The van der Waals surface area contributed by atoms with Gasteiger partial charge in [-0.1, -0.05) is 43.7 Å². The minimum Gasteiger partial charge on any atom is -0.644 e. The summed E-state index contributed by atoms with van der Waals surface area (Å²) >= 11 is 0. The van der Waals surface area contributed by atoms with Crippen LogP contribution >= 0.6 is 0 Å². The van der Waals surface area contributed by atoms with Crippen molar-refractivity contribution in [3.05, 3.63) is 29.6 Å². The first-order chi connectivity index (χ1) is 6.05. The number of carbonyl (C=O) groups is 1. The minimum absolute atomic E-state index is 0. The summed E-state index contributed by atoms with van der Waals surface area (Å²) in [7, 11) is 0. The Morgan fingerprint density at radius 3 is 2.53 bits per heavy atom. The maximum atomic E-state index is 10.9. The molecule has 2 rings (SSSR count). The van der Waals surface area contributed by atoms with Crippen molar-refractivity contribution in [3.63, 3.8) is 0 Å². The zero-order chi connectivity index (χ0) is 9.64. The molecule has 1 saturated heterocycles. The van der Waals surface area contributed by atoms with E-state index in [4.69, 9.17) is 0 Å². The van der Waals surface area contributed by atoms with Gasteiger partial charge in [0.15, 0.2) is 0 Å². The summed E-state index contributed by atoms with van der Waals surface area (Å²) in [5, 5.41) is 4.11. The van der Waals surface area contributed by atoms with Crippen molar-refractivity contribution in [3.8, 4) is 0 Å². The summed E-state index contributed by atoms with van der Waals surface area (Å²) in [5.74, 6) is 0.876. The van der Waals surface area contributed by atoms with Gasteiger partial charge in [0, 0.05) is 53.8 Å². The average molecular weight is 449 g/mol. The summed E-state index contributed by atoms with van der Waals surface area (Å²) in [6, 6.07) is 0. The number of β-lactam (4-membered cyclic amide) rings is 1. The van der Waals surface area contributed by atoms with Crippen LogP contribution in [0.1, 0.15) is 20.3 Å². The summed E-state index contributed by atoms with van der Waals surface area (Å²) in [6.07, 6.45) is 4.64. The fraction of sp³-hybridized carbons (Fsp3) is 0.545. The van der Waals surface area contributed by atoms with Crippen molar-refractivity contribution in [1.82, 2.24) is 0 Å². The van der Waals surface area contributed by atoms with Crippen LogP contribution in [0.4, 0.5) is 0 Å². The van der Waals surface area contributed by atoms with Crippen LogP contribution < -0.4 is 0 Å². The molecule has 2 nitrogen and oxygen atoms in total. The fourth-order valence-electron chi connectivity index (χ4n) is 2.13. The molecule has 1 spiro atoms. The molecule has 1 aliphatic carbocycles. The molecule has 0 aromatic rings. The van der Waals surface area contributed by atoms with Gasteiger partial charge < -0.3 is 10.1 Å². The monoisotopic (exact) mass is 449 g/mol. The van der Waals surface area contributed by atoms with E-state index < -0.39 is 0 Å². The molecular weight excluding hydrogens is 435 g/mol. The van der Waals surface area contributed by atoms with E-state index in [1.807, 2.05) is 12.2 Å². The molecule has 2 aliphatic rings. The minimum atomic E-state index is -0.183.